The van der Waals surface area contributed by atoms with Gasteiger partial charge in [0.05, 0.1) is 25.6 Å². The van der Waals surface area contributed by atoms with Crippen molar-refractivity contribution in [3.63, 3.8) is 0 Å². The predicted molar refractivity (Wildman–Crippen MR) is 128 cm³/mol. The van der Waals surface area contributed by atoms with E-state index in [0.29, 0.717) is 28.8 Å². The van der Waals surface area contributed by atoms with E-state index in [1.807, 2.05) is 53.2 Å². The molecule has 8 heteroatoms. The van der Waals surface area contributed by atoms with E-state index in [1.54, 1.807) is 20.4 Å². The van der Waals surface area contributed by atoms with Gasteiger partial charge in [0.15, 0.2) is 11.5 Å². The number of methoxy groups -OCH3 is 2. The van der Waals surface area contributed by atoms with Crippen molar-refractivity contribution in [2.45, 2.75) is 25.7 Å². The van der Waals surface area contributed by atoms with E-state index >= 15 is 0 Å². The first-order chi connectivity index (χ1) is 16.1. The summed E-state index contributed by atoms with van der Waals surface area (Å²) < 4.78 is 12.7. The average Bonchev–Trinajstić information content (AvgIpc) is 3.42. The zero-order valence-electron chi connectivity index (χ0n) is 18.5. The summed E-state index contributed by atoms with van der Waals surface area (Å²) in [7, 11) is 3.26. The van der Waals surface area contributed by atoms with Crippen LogP contribution in [0.25, 0.3) is 5.69 Å². The first-order valence-corrected chi connectivity index (χ1v) is 11.2. The summed E-state index contributed by atoms with van der Waals surface area (Å²) in [6, 6.07) is 15.4. The molecule has 5 rings (SSSR count). The van der Waals surface area contributed by atoms with Gasteiger partial charge in [0.25, 0.3) is 0 Å². The standard InChI is InChI=1S/C25H24ClN5O2/c1-32-21-11-6-16(14-22(21)33-2)15-24-27-13-12-23(28-24)29-25-19-4-3-5-20(19)30-31(25)18-9-7-17(26)8-10-18/h6-14H,3-5,15H2,1-2H3,(H,27,28,29). The monoisotopic (exact) mass is 461 g/mol. The number of nitrogens with one attached hydrogen (secondary N) is 1. The van der Waals surface area contributed by atoms with Crippen molar-refractivity contribution in [1.29, 1.82) is 0 Å². The van der Waals surface area contributed by atoms with E-state index in [4.69, 9.17) is 31.2 Å². The van der Waals surface area contributed by atoms with Gasteiger partial charge in [-0.25, -0.2) is 14.6 Å². The van der Waals surface area contributed by atoms with E-state index in [9.17, 15) is 0 Å². The number of nitrogens with zero attached hydrogens (tertiary/aromatic N) is 4. The van der Waals surface area contributed by atoms with E-state index < -0.39 is 0 Å². The molecule has 0 radical (unpaired) electrons. The Morgan fingerprint density at radius 3 is 2.61 bits per heavy atom. The van der Waals surface area contributed by atoms with Crippen LogP contribution in [0.5, 0.6) is 11.5 Å². The summed E-state index contributed by atoms with van der Waals surface area (Å²) in [5.74, 6) is 3.76. The van der Waals surface area contributed by atoms with Crippen molar-refractivity contribution >= 4 is 23.2 Å². The third-order valence-corrected chi connectivity index (χ3v) is 5.99. The molecule has 0 fully saturated rings. The van der Waals surface area contributed by atoms with Crippen LogP contribution in [0.1, 0.15) is 29.1 Å². The Bertz CT molecular complexity index is 1290. The van der Waals surface area contributed by atoms with Gasteiger partial charge in [0.1, 0.15) is 17.5 Å². The molecule has 2 heterocycles. The highest BCUT2D eigenvalue weighted by Gasteiger charge is 2.23. The molecule has 0 saturated heterocycles. The van der Waals surface area contributed by atoms with Crippen LogP contribution < -0.4 is 14.8 Å². The predicted octanol–water partition coefficient (Wildman–Crippen LogP) is 5.16. The maximum Gasteiger partial charge on any atom is 0.161 e. The largest absolute Gasteiger partial charge is 0.493 e. The summed E-state index contributed by atoms with van der Waals surface area (Å²) in [5, 5.41) is 9.06. The van der Waals surface area contributed by atoms with Crippen molar-refractivity contribution in [3.8, 4) is 17.2 Å². The van der Waals surface area contributed by atoms with E-state index in [0.717, 1.165) is 47.8 Å². The lowest BCUT2D eigenvalue weighted by molar-refractivity contribution is 0.354. The SMILES string of the molecule is COc1ccc(Cc2nccc(Nc3c4c(nn3-c3ccc(Cl)cc3)CCC4)n2)cc1OC. The number of benzene rings is 2. The van der Waals surface area contributed by atoms with Crippen LogP contribution in [0.2, 0.25) is 5.02 Å². The minimum atomic E-state index is 0.574. The first kappa shape index (κ1) is 21.3. The molecular formula is C25H24ClN5O2. The Morgan fingerprint density at radius 1 is 1.00 bits per heavy atom. The number of rotatable bonds is 7. The molecule has 0 aliphatic heterocycles. The Kier molecular flexibility index (Phi) is 5.88. The van der Waals surface area contributed by atoms with Crippen molar-refractivity contribution in [2.75, 3.05) is 19.5 Å². The molecule has 1 N–H and O–H groups in total. The number of hydrogen-bond acceptors (Lipinski definition) is 6. The fourth-order valence-electron chi connectivity index (χ4n) is 4.14. The number of ether oxygens (including phenoxy) is 2. The van der Waals surface area contributed by atoms with Crippen LogP contribution in [-0.2, 0) is 19.3 Å². The van der Waals surface area contributed by atoms with Crippen molar-refractivity contribution in [3.05, 3.63) is 82.4 Å². The number of anilines is 2. The molecule has 2 aromatic heterocycles. The molecule has 1 aliphatic rings. The van der Waals surface area contributed by atoms with E-state index in [-0.39, 0.29) is 0 Å². The second-order valence-electron chi connectivity index (χ2n) is 7.86. The van der Waals surface area contributed by atoms with Crippen LogP contribution >= 0.6 is 11.6 Å². The molecule has 1 aliphatic carbocycles. The summed E-state index contributed by atoms with van der Waals surface area (Å²) in [6.07, 6.45) is 5.44. The second-order valence-corrected chi connectivity index (χ2v) is 8.30. The third kappa shape index (κ3) is 4.36. The zero-order chi connectivity index (χ0) is 22.8. The van der Waals surface area contributed by atoms with Gasteiger partial charge < -0.3 is 14.8 Å². The summed E-state index contributed by atoms with van der Waals surface area (Å²) in [5.41, 5.74) is 4.37. The molecule has 4 aromatic rings. The molecule has 0 atom stereocenters. The molecule has 0 amide bonds. The van der Waals surface area contributed by atoms with Crippen LogP contribution in [0.4, 0.5) is 11.6 Å². The summed E-state index contributed by atoms with van der Waals surface area (Å²) in [6.45, 7) is 0. The Morgan fingerprint density at radius 2 is 1.82 bits per heavy atom. The van der Waals surface area contributed by atoms with Crippen LogP contribution in [0.3, 0.4) is 0 Å². The van der Waals surface area contributed by atoms with Gasteiger partial charge in [-0.15, -0.1) is 0 Å². The van der Waals surface area contributed by atoms with Gasteiger partial charge in [-0.1, -0.05) is 17.7 Å². The van der Waals surface area contributed by atoms with Gasteiger partial charge >= 0.3 is 0 Å². The fourth-order valence-corrected chi connectivity index (χ4v) is 4.26. The Balaban J connectivity index is 1.43. The molecule has 0 unspecified atom stereocenters. The number of aryl methyl sites for hydroxylation is 1. The normalized spacial score (nSPS) is 12.5. The third-order valence-electron chi connectivity index (χ3n) is 5.74. The fraction of sp³-hybridized carbons (Fsp3) is 0.240. The van der Waals surface area contributed by atoms with Crippen LogP contribution in [-0.4, -0.2) is 34.0 Å². The maximum atomic E-state index is 6.09. The van der Waals surface area contributed by atoms with Crippen molar-refractivity contribution in [1.82, 2.24) is 19.7 Å². The quantitative estimate of drug-likeness (QED) is 0.410. The van der Waals surface area contributed by atoms with Gasteiger partial charge in [-0.05, 0) is 67.3 Å². The second kappa shape index (κ2) is 9.11. The maximum absolute atomic E-state index is 6.09. The topological polar surface area (TPSA) is 74.1 Å². The first-order valence-electron chi connectivity index (χ1n) is 10.8. The highest BCUT2D eigenvalue weighted by atomic mass is 35.5. The number of fused-ring (bicyclic) bond motifs is 1. The lowest BCUT2D eigenvalue weighted by atomic mass is 10.1. The molecule has 0 saturated carbocycles. The lowest BCUT2D eigenvalue weighted by Gasteiger charge is -2.12. The van der Waals surface area contributed by atoms with Crippen molar-refractivity contribution in [2.24, 2.45) is 0 Å². The van der Waals surface area contributed by atoms with Crippen molar-refractivity contribution < 1.29 is 9.47 Å². The Labute approximate surface area is 197 Å². The smallest absolute Gasteiger partial charge is 0.161 e. The van der Waals surface area contributed by atoms with Gasteiger partial charge in [0, 0.05) is 23.2 Å². The minimum absolute atomic E-state index is 0.574. The van der Waals surface area contributed by atoms with Crippen LogP contribution in [0, 0.1) is 0 Å². The number of halogens is 1. The average molecular weight is 462 g/mol. The van der Waals surface area contributed by atoms with Crippen LogP contribution in [0.15, 0.2) is 54.7 Å². The molecule has 7 nitrogen and oxygen atoms in total. The number of aromatic nitrogens is 4. The molecule has 33 heavy (non-hydrogen) atoms. The van der Waals surface area contributed by atoms with Gasteiger partial charge in [-0.3, -0.25) is 0 Å². The number of hydrogen-bond donors (Lipinski definition) is 1. The molecule has 168 valence electrons. The molecular weight excluding hydrogens is 438 g/mol. The van der Waals surface area contributed by atoms with E-state index in [2.05, 4.69) is 10.3 Å². The van der Waals surface area contributed by atoms with Gasteiger partial charge in [0.2, 0.25) is 0 Å². The molecule has 0 spiro atoms. The molecule has 0 bridgehead atoms. The summed E-state index contributed by atoms with van der Waals surface area (Å²) >= 11 is 6.09. The summed E-state index contributed by atoms with van der Waals surface area (Å²) in [4.78, 5) is 9.22. The highest BCUT2D eigenvalue weighted by molar-refractivity contribution is 6.30. The highest BCUT2D eigenvalue weighted by Crippen LogP contribution is 2.33. The van der Waals surface area contributed by atoms with Gasteiger partial charge in [-0.2, -0.15) is 5.10 Å². The Hall–Kier alpha value is -3.58. The minimum Gasteiger partial charge on any atom is -0.493 e. The lowest BCUT2D eigenvalue weighted by Crippen LogP contribution is -2.07. The molecule has 2 aromatic carbocycles. The van der Waals surface area contributed by atoms with E-state index in [1.165, 1.54) is 5.56 Å². The zero-order valence-corrected chi connectivity index (χ0v) is 19.3.